The van der Waals surface area contributed by atoms with Gasteiger partial charge in [0.1, 0.15) is 0 Å². The lowest BCUT2D eigenvalue weighted by atomic mass is 9.95. The van der Waals surface area contributed by atoms with Crippen molar-refractivity contribution in [2.45, 2.75) is 40.7 Å². The third kappa shape index (κ3) is 5.22. The summed E-state index contributed by atoms with van der Waals surface area (Å²) in [6, 6.07) is 0.570. The molecular formula is C11H25N3. The van der Waals surface area contributed by atoms with Crippen molar-refractivity contribution in [3.05, 3.63) is 0 Å². The van der Waals surface area contributed by atoms with Gasteiger partial charge in [-0.2, -0.15) is 0 Å². The molecule has 0 saturated carbocycles. The van der Waals surface area contributed by atoms with Crippen molar-refractivity contribution in [3.63, 3.8) is 0 Å². The summed E-state index contributed by atoms with van der Waals surface area (Å²) < 4.78 is 0. The Labute approximate surface area is 88.4 Å². The molecule has 0 aliphatic heterocycles. The van der Waals surface area contributed by atoms with Gasteiger partial charge in [0.05, 0.1) is 12.4 Å². The van der Waals surface area contributed by atoms with Crippen LogP contribution in [0.5, 0.6) is 0 Å². The largest absolute Gasteiger partial charge is 0.387 e. The highest BCUT2D eigenvalue weighted by Gasteiger charge is 2.14. The van der Waals surface area contributed by atoms with Gasteiger partial charge in [-0.05, 0) is 20.9 Å². The van der Waals surface area contributed by atoms with Crippen LogP contribution in [0.4, 0.5) is 0 Å². The number of nitrogens with two attached hydrogens (primary N) is 1. The van der Waals surface area contributed by atoms with Crippen LogP contribution in [-0.4, -0.2) is 36.9 Å². The van der Waals surface area contributed by atoms with Crippen molar-refractivity contribution >= 4 is 5.84 Å². The SMILES string of the molecule is CC(C)N(C)CCN=C(N)C(C)(C)C. The summed E-state index contributed by atoms with van der Waals surface area (Å²) >= 11 is 0. The van der Waals surface area contributed by atoms with E-state index in [9.17, 15) is 0 Å². The summed E-state index contributed by atoms with van der Waals surface area (Å²) in [5.74, 6) is 0.745. The lowest BCUT2D eigenvalue weighted by molar-refractivity contribution is 0.282. The molecule has 0 spiro atoms. The molecule has 0 aliphatic carbocycles. The summed E-state index contributed by atoms with van der Waals surface area (Å²) in [5.41, 5.74) is 5.84. The number of amidine groups is 1. The molecule has 2 N–H and O–H groups in total. The molecule has 0 radical (unpaired) electrons. The zero-order chi connectivity index (χ0) is 11.4. The Bertz CT molecular complexity index is 189. The highest BCUT2D eigenvalue weighted by atomic mass is 15.1. The fourth-order valence-corrected chi connectivity index (χ4v) is 0.824. The summed E-state index contributed by atoms with van der Waals surface area (Å²) in [7, 11) is 2.10. The van der Waals surface area contributed by atoms with Crippen molar-refractivity contribution in [3.8, 4) is 0 Å². The van der Waals surface area contributed by atoms with Gasteiger partial charge >= 0.3 is 0 Å². The first kappa shape index (κ1) is 13.4. The standard InChI is InChI=1S/C11H25N3/c1-9(2)14(6)8-7-13-10(12)11(3,4)5/h9H,7-8H2,1-6H3,(H2,12,13). The fourth-order valence-electron chi connectivity index (χ4n) is 0.824. The van der Waals surface area contributed by atoms with Crippen molar-refractivity contribution in [2.24, 2.45) is 16.1 Å². The number of hydrogen-bond acceptors (Lipinski definition) is 2. The topological polar surface area (TPSA) is 41.6 Å². The van der Waals surface area contributed by atoms with E-state index in [2.05, 4.69) is 51.6 Å². The van der Waals surface area contributed by atoms with E-state index in [0.29, 0.717) is 6.04 Å². The van der Waals surface area contributed by atoms with E-state index >= 15 is 0 Å². The van der Waals surface area contributed by atoms with Crippen molar-refractivity contribution in [1.29, 1.82) is 0 Å². The summed E-state index contributed by atoms with van der Waals surface area (Å²) in [6.07, 6.45) is 0. The minimum atomic E-state index is -0.00357. The van der Waals surface area contributed by atoms with Gasteiger partial charge in [0.15, 0.2) is 0 Å². The summed E-state index contributed by atoms with van der Waals surface area (Å²) in [5, 5.41) is 0. The molecule has 84 valence electrons. The summed E-state index contributed by atoms with van der Waals surface area (Å²) in [6.45, 7) is 12.4. The van der Waals surface area contributed by atoms with Crippen LogP contribution in [0.3, 0.4) is 0 Å². The van der Waals surface area contributed by atoms with E-state index in [1.54, 1.807) is 0 Å². The molecule has 3 nitrogen and oxygen atoms in total. The minimum Gasteiger partial charge on any atom is -0.387 e. The van der Waals surface area contributed by atoms with Gasteiger partial charge in [-0.15, -0.1) is 0 Å². The molecule has 0 amide bonds. The average molecular weight is 199 g/mol. The number of likely N-dealkylation sites (N-methyl/N-ethyl adjacent to an activating group) is 1. The molecule has 0 fully saturated rings. The van der Waals surface area contributed by atoms with Gasteiger partial charge in [0, 0.05) is 18.0 Å². The molecule has 3 heteroatoms. The van der Waals surface area contributed by atoms with Crippen LogP contribution < -0.4 is 5.73 Å². The predicted octanol–water partition coefficient (Wildman–Crippen LogP) is 1.73. The van der Waals surface area contributed by atoms with Crippen LogP contribution in [0.2, 0.25) is 0 Å². The third-order valence-electron chi connectivity index (χ3n) is 2.38. The van der Waals surface area contributed by atoms with E-state index in [4.69, 9.17) is 5.73 Å². The van der Waals surface area contributed by atoms with Gasteiger partial charge < -0.3 is 10.6 Å². The number of nitrogens with zero attached hydrogens (tertiary/aromatic N) is 2. The normalized spacial score (nSPS) is 14.1. The number of aliphatic imine (C=N–C) groups is 1. The average Bonchev–Trinajstić information content (AvgIpc) is 2.01. The van der Waals surface area contributed by atoms with Crippen LogP contribution in [0.1, 0.15) is 34.6 Å². The van der Waals surface area contributed by atoms with Crippen LogP contribution in [0.25, 0.3) is 0 Å². The Balaban J connectivity index is 3.94. The molecule has 0 aromatic carbocycles. The van der Waals surface area contributed by atoms with Gasteiger partial charge in [-0.25, -0.2) is 0 Å². The molecule has 0 aromatic heterocycles. The molecule has 0 atom stereocenters. The predicted molar refractivity (Wildman–Crippen MR) is 63.7 cm³/mol. The molecule has 0 rings (SSSR count). The number of rotatable bonds is 4. The highest BCUT2D eigenvalue weighted by molar-refractivity contribution is 5.85. The maximum absolute atomic E-state index is 5.84. The Morgan fingerprint density at radius 1 is 1.36 bits per heavy atom. The molecule has 0 aliphatic rings. The van der Waals surface area contributed by atoms with Gasteiger partial charge in [0.25, 0.3) is 0 Å². The van der Waals surface area contributed by atoms with Crippen molar-refractivity contribution in [2.75, 3.05) is 20.1 Å². The first-order chi connectivity index (χ1) is 6.25. The Morgan fingerprint density at radius 2 is 1.86 bits per heavy atom. The zero-order valence-corrected chi connectivity index (χ0v) is 10.5. The maximum atomic E-state index is 5.84. The fraction of sp³-hybridized carbons (Fsp3) is 0.909. The number of hydrogen-bond donors (Lipinski definition) is 1. The van der Waals surface area contributed by atoms with Crippen molar-refractivity contribution < 1.29 is 0 Å². The van der Waals surface area contributed by atoms with E-state index < -0.39 is 0 Å². The lowest BCUT2D eigenvalue weighted by Gasteiger charge is -2.21. The van der Waals surface area contributed by atoms with Crippen LogP contribution in [-0.2, 0) is 0 Å². The van der Waals surface area contributed by atoms with E-state index in [1.807, 2.05) is 0 Å². The van der Waals surface area contributed by atoms with Crippen LogP contribution in [0.15, 0.2) is 4.99 Å². The molecule has 14 heavy (non-hydrogen) atoms. The molecule has 0 saturated heterocycles. The van der Waals surface area contributed by atoms with Gasteiger partial charge in [0.2, 0.25) is 0 Å². The maximum Gasteiger partial charge on any atom is 0.0991 e. The lowest BCUT2D eigenvalue weighted by Crippen LogP contribution is -2.32. The van der Waals surface area contributed by atoms with E-state index in [-0.39, 0.29) is 5.41 Å². The first-order valence-corrected chi connectivity index (χ1v) is 5.25. The second-order valence-corrected chi connectivity index (χ2v) is 5.09. The monoisotopic (exact) mass is 199 g/mol. The quantitative estimate of drug-likeness (QED) is 0.553. The second-order valence-electron chi connectivity index (χ2n) is 5.09. The first-order valence-electron chi connectivity index (χ1n) is 5.25. The Morgan fingerprint density at radius 3 is 2.21 bits per heavy atom. The highest BCUT2D eigenvalue weighted by Crippen LogP contribution is 2.12. The van der Waals surface area contributed by atoms with Crippen LogP contribution in [0, 0.1) is 5.41 Å². The van der Waals surface area contributed by atoms with Crippen LogP contribution >= 0.6 is 0 Å². The zero-order valence-electron chi connectivity index (χ0n) is 10.5. The van der Waals surface area contributed by atoms with E-state index in [0.717, 1.165) is 18.9 Å². The Hall–Kier alpha value is -0.570. The van der Waals surface area contributed by atoms with Crippen molar-refractivity contribution in [1.82, 2.24) is 4.90 Å². The molecule has 0 aromatic rings. The minimum absolute atomic E-state index is 0.00357. The Kier molecular flexibility index (Phi) is 5.13. The molecule has 0 bridgehead atoms. The van der Waals surface area contributed by atoms with E-state index in [1.165, 1.54) is 0 Å². The van der Waals surface area contributed by atoms with Gasteiger partial charge in [-0.3, -0.25) is 4.99 Å². The molecular weight excluding hydrogens is 174 g/mol. The summed E-state index contributed by atoms with van der Waals surface area (Å²) in [4.78, 5) is 6.63. The smallest absolute Gasteiger partial charge is 0.0991 e. The molecule has 0 unspecified atom stereocenters. The third-order valence-corrected chi connectivity index (χ3v) is 2.38. The van der Waals surface area contributed by atoms with Gasteiger partial charge in [-0.1, -0.05) is 20.8 Å². The molecule has 0 heterocycles. The second kappa shape index (κ2) is 5.35.